The smallest absolute Gasteiger partial charge is 0.292 e. The van der Waals surface area contributed by atoms with Gasteiger partial charge in [0.1, 0.15) is 11.2 Å². The van der Waals surface area contributed by atoms with Crippen LogP contribution in [0.3, 0.4) is 0 Å². The van der Waals surface area contributed by atoms with Gasteiger partial charge in [-0.1, -0.05) is 23.7 Å². The number of likely N-dealkylation sites (tertiary alicyclic amines) is 1. The molecule has 1 aliphatic rings. The predicted molar refractivity (Wildman–Crippen MR) is 114 cm³/mol. The zero-order valence-corrected chi connectivity index (χ0v) is 17.0. The van der Waals surface area contributed by atoms with Crippen molar-refractivity contribution < 1.29 is 14.1 Å². The lowest BCUT2D eigenvalue weighted by molar-refractivity contribution is -0.384. The number of carbonyl (C=O) groups excluding carboxylic acids is 1. The topological polar surface area (TPSA) is 102 Å². The Morgan fingerprint density at radius 3 is 2.80 bits per heavy atom. The molecule has 1 aromatic heterocycles. The van der Waals surface area contributed by atoms with Crippen LogP contribution in [-0.2, 0) is 4.79 Å². The summed E-state index contributed by atoms with van der Waals surface area (Å²) in [6.07, 6.45) is 1.84. The standard InChI is InChI=1S/C21H21ClN4O4/c22-15-5-6-19-17(13-15)24-21(30-19)14-8-11-25(12-9-14)20(27)7-10-23-16-3-1-2-4-18(16)26(28)29/h1-6,13-14,23H,7-12H2. The van der Waals surface area contributed by atoms with E-state index in [2.05, 4.69) is 10.3 Å². The maximum atomic E-state index is 12.5. The van der Waals surface area contributed by atoms with Gasteiger partial charge in [0.05, 0.1) is 4.92 Å². The van der Waals surface area contributed by atoms with E-state index >= 15 is 0 Å². The minimum atomic E-state index is -0.436. The van der Waals surface area contributed by atoms with Gasteiger partial charge in [-0.2, -0.15) is 0 Å². The summed E-state index contributed by atoms with van der Waals surface area (Å²) in [5, 5.41) is 14.7. The number of anilines is 1. The number of rotatable bonds is 6. The number of hydrogen-bond acceptors (Lipinski definition) is 6. The molecule has 0 bridgehead atoms. The highest BCUT2D eigenvalue weighted by molar-refractivity contribution is 6.31. The summed E-state index contributed by atoms with van der Waals surface area (Å²) in [6.45, 7) is 1.61. The van der Waals surface area contributed by atoms with Crippen LogP contribution < -0.4 is 5.32 Å². The Morgan fingerprint density at radius 1 is 1.27 bits per heavy atom. The fourth-order valence-corrected chi connectivity index (χ4v) is 3.88. The summed E-state index contributed by atoms with van der Waals surface area (Å²) in [4.78, 5) is 29.5. The molecule has 156 valence electrons. The van der Waals surface area contributed by atoms with Gasteiger partial charge >= 0.3 is 0 Å². The summed E-state index contributed by atoms with van der Waals surface area (Å²) >= 11 is 6.01. The molecule has 2 heterocycles. The molecule has 0 aliphatic carbocycles. The molecule has 2 aromatic carbocycles. The largest absolute Gasteiger partial charge is 0.440 e. The number of nitrogens with one attached hydrogen (secondary N) is 1. The molecule has 9 heteroatoms. The number of nitrogens with zero attached hydrogens (tertiary/aromatic N) is 3. The molecule has 1 fully saturated rings. The van der Waals surface area contributed by atoms with E-state index in [0.29, 0.717) is 41.8 Å². The van der Waals surface area contributed by atoms with Gasteiger partial charge in [0, 0.05) is 43.1 Å². The van der Waals surface area contributed by atoms with Gasteiger partial charge < -0.3 is 14.6 Å². The summed E-state index contributed by atoms with van der Waals surface area (Å²) in [5.74, 6) is 0.895. The van der Waals surface area contributed by atoms with Crippen molar-refractivity contribution in [2.45, 2.75) is 25.2 Å². The third-order valence-electron chi connectivity index (χ3n) is 5.32. The van der Waals surface area contributed by atoms with Gasteiger partial charge in [-0.25, -0.2) is 4.98 Å². The monoisotopic (exact) mass is 428 g/mol. The number of hydrogen-bond donors (Lipinski definition) is 1. The Morgan fingerprint density at radius 2 is 2.03 bits per heavy atom. The number of halogens is 1. The molecule has 0 spiro atoms. The van der Waals surface area contributed by atoms with Crippen LogP contribution in [-0.4, -0.2) is 40.3 Å². The van der Waals surface area contributed by atoms with E-state index in [4.69, 9.17) is 16.0 Å². The first-order valence-electron chi connectivity index (χ1n) is 9.82. The number of benzene rings is 2. The van der Waals surface area contributed by atoms with Gasteiger partial charge in [-0.3, -0.25) is 14.9 Å². The highest BCUT2D eigenvalue weighted by Crippen LogP contribution is 2.31. The Bertz CT molecular complexity index is 1080. The number of carbonyl (C=O) groups is 1. The molecule has 0 radical (unpaired) electrons. The number of aromatic nitrogens is 1. The van der Waals surface area contributed by atoms with Crippen molar-refractivity contribution in [3.63, 3.8) is 0 Å². The molecule has 1 saturated heterocycles. The Kier molecular flexibility index (Phi) is 5.85. The van der Waals surface area contributed by atoms with E-state index in [-0.39, 0.29) is 23.9 Å². The molecule has 3 aromatic rings. The second-order valence-corrected chi connectivity index (χ2v) is 7.71. The van der Waals surface area contributed by atoms with Gasteiger partial charge in [0.25, 0.3) is 5.69 Å². The van der Waals surface area contributed by atoms with Crippen LogP contribution in [0.15, 0.2) is 46.9 Å². The number of oxazole rings is 1. The second kappa shape index (κ2) is 8.71. The zero-order valence-electron chi connectivity index (χ0n) is 16.2. The predicted octanol–water partition coefficient (Wildman–Crippen LogP) is 4.60. The Hall–Kier alpha value is -3.13. The zero-order chi connectivity index (χ0) is 21.1. The lowest BCUT2D eigenvalue weighted by Crippen LogP contribution is -2.38. The summed E-state index contributed by atoms with van der Waals surface area (Å²) in [7, 11) is 0. The fraction of sp³-hybridized carbons (Fsp3) is 0.333. The van der Waals surface area contributed by atoms with Crippen molar-refractivity contribution in [3.8, 4) is 0 Å². The molecule has 1 aliphatic heterocycles. The molecule has 0 atom stereocenters. The molecule has 30 heavy (non-hydrogen) atoms. The van der Waals surface area contributed by atoms with E-state index in [1.807, 2.05) is 11.0 Å². The Balaban J connectivity index is 1.28. The maximum absolute atomic E-state index is 12.5. The van der Waals surface area contributed by atoms with Crippen LogP contribution in [0.25, 0.3) is 11.1 Å². The van der Waals surface area contributed by atoms with Crippen LogP contribution in [0.2, 0.25) is 5.02 Å². The van der Waals surface area contributed by atoms with Crippen LogP contribution in [0, 0.1) is 10.1 Å². The quantitative estimate of drug-likeness (QED) is 0.454. The van der Waals surface area contributed by atoms with Crippen molar-refractivity contribution in [2.24, 2.45) is 0 Å². The third-order valence-corrected chi connectivity index (χ3v) is 5.55. The first-order valence-corrected chi connectivity index (χ1v) is 10.2. The van der Waals surface area contributed by atoms with Gasteiger partial charge in [-0.15, -0.1) is 0 Å². The van der Waals surface area contributed by atoms with E-state index < -0.39 is 4.92 Å². The number of piperidine rings is 1. The number of nitro benzene ring substituents is 1. The first kappa shape index (κ1) is 20.2. The molecule has 1 amide bonds. The SMILES string of the molecule is O=C(CCNc1ccccc1[N+](=O)[O-])N1CCC(c2nc3cc(Cl)ccc3o2)CC1. The number of nitro groups is 1. The van der Waals surface area contributed by atoms with Crippen LogP contribution >= 0.6 is 11.6 Å². The lowest BCUT2D eigenvalue weighted by Gasteiger charge is -2.30. The van der Waals surface area contributed by atoms with Crippen molar-refractivity contribution in [1.29, 1.82) is 0 Å². The normalized spacial score (nSPS) is 14.8. The summed E-state index contributed by atoms with van der Waals surface area (Å²) < 4.78 is 5.86. The minimum absolute atomic E-state index is 0.00499. The second-order valence-electron chi connectivity index (χ2n) is 7.27. The summed E-state index contributed by atoms with van der Waals surface area (Å²) in [6, 6.07) is 11.8. The van der Waals surface area contributed by atoms with Gasteiger partial charge in [0.15, 0.2) is 11.5 Å². The third kappa shape index (κ3) is 4.38. The molecule has 4 rings (SSSR count). The van der Waals surface area contributed by atoms with E-state index in [1.54, 1.807) is 30.3 Å². The van der Waals surface area contributed by atoms with Crippen LogP contribution in [0.4, 0.5) is 11.4 Å². The van der Waals surface area contributed by atoms with E-state index in [1.165, 1.54) is 6.07 Å². The minimum Gasteiger partial charge on any atom is -0.440 e. The van der Waals surface area contributed by atoms with E-state index in [9.17, 15) is 14.9 Å². The summed E-state index contributed by atoms with van der Waals surface area (Å²) in [5.41, 5.74) is 1.89. The number of para-hydroxylation sites is 2. The first-order chi connectivity index (χ1) is 14.5. The van der Waals surface area contributed by atoms with E-state index in [0.717, 1.165) is 18.4 Å². The molecule has 0 unspecified atom stereocenters. The Labute approximate surface area is 178 Å². The molecule has 1 N–H and O–H groups in total. The highest BCUT2D eigenvalue weighted by atomic mass is 35.5. The highest BCUT2D eigenvalue weighted by Gasteiger charge is 2.27. The van der Waals surface area contributed by atoms with Crippen LogP contribution in [0.1, 0.15) is 31.1 Å². The van der Waals surface area contributed by atoms with Crippen molar-refractivity contribution in [1.82, 2.24) is 9.88 Å². The molecule has 0 saturated carbocycles. The average molecular weight is 429 g/mol. The number of fused-ring (bicyclic) bond motifs is 1. The average Bonchev–Trinajstić information content (AvgIpc) is 3.17. The lowest BCUT2D eigenvalue weighted by atomic mass is 9.96. The van der Waals surface area contributed by atoms with Crippen molar-refractivity contribution >= 4 is 40.0 Å². The van der Waals surface area contributed by atoms with Crippen molar-refractivity contribution in [2.75, 3.05) is 25.0 Å². The molecule has 8 nitrogen and oxygen atoms in total. The van der Waals surface area contributed by atoms with Crippen molar-refractivity contribution in [3.05, 3.63) is 63.5 Å². The molecular weight excluding hydrogens is 408 g/mol. The molecular formula is C21H21ClN4O4. The number of amides is 1. The maximum Gasteiger partial charge on any atom is 0.292 e. The van der Waals surface area contributed by atoms with Crippen LogP contribution in [0.5, 0.6) is 0 Å². The van der Waals surface area contributed by atoms with Gasteiger partial charge in [0.2, 0.25) is 5.91 Å². The van der Waals surface area contributed by atoms with Gasteiger partial charge in [-0.05, 0) is 37.1 Å². The fourth-order valence-electron chi connectivity index (χ4n) is 3.71.